The van der Waals surface area contributed by atoms with Gasteiger partial charge >= 0.3 is 0 Å². The zero-order valence-electron chi connectivity index (χ0n) is 17.7. The van der Waals surface area contributed by atoms with Crippen LogP contribution in [0.4, 0.5) is 5.69 Å². The molecule has 6 heteroatoms. The fraction of sp³-hybridized carbons (Fsp3) is 0.417. The van der Waals surface area contributed by atoms with Crippen molar-refractivity contribution in [2.45, 2.75) is 38.1 Å². The molecule has 2 aromatic carbocycles. The molecule has 1 fully saturated rings. The molecule has 0 aliphatic carbocycles. The molecule has 0 radical (unpaired) electrons. The summed E-state index contributed by atoms with van der Waals surface area (Å²) in [5.74, 6) is 0.650. The van der Waals surface area contributed by atoms with Crippen LogP contribution < -0.4 is 16.3 Å². The monoisotopic (exact) mass is 423 g/mol. The van der Waals surface area contributed by atoms with E-state index >= 15 is 0 Å². The van der Waals surface area contributed by atoms with E-state index in [4.69, 9.17) is 11.6 Å². The van der Waals surface area contributed by atoms with E-state index in [1.165, 1.54) is 54.0 Å². The number of nitrogens with one attached hydrogen (secondary N) is 3. The van der Waals surface area contributed by atoms with Gasteiger partial charge in [0.1, 0.15) is 0 Å². The van der Waals surface area contributed by atoms with E-state index in [-0.39, 0.29) is 6.04 Å². The van der Waals surface area contributed by atoms with Crippen molar-refractivity contribution < 1.29 is 0 Å². The first-order chi connectivity index (χ1) is 14.6. The Hall–Kier alpha value is -2.21. The van der Waals surface area contributed by atoms with Gasteiger partial charge in [-0.05, 0) is 87.6 Å². The molecule has 0 spiro atoms. The lowest BCUT2D eigenvalue weighted by molar-refractivity contribution is 0.255. The quantitative estimate of drug-likeness (QED) is 0.666. The number of hydrazine groups is 2. The summed E-state index contributed by atoms with van der Waals surface area (Å²) >= 11 is 6.10. The summed E-state index contributed by atoms with van der Waals surface area (Å²) in [4.78, 5) is 2.44. The summed E-state index contributed by atoms with van der Waals surface area (Å²) in [6.45, 7) is 5.44. The van der Waals surface area contributed by atoms with Crippen LogP contribution in [0.2, 0.25) is 5.02 Å². The van der Waals surface area contributed by atoms with Crippen LogP contribution in [0.5, 0.6) is 0 Å². The number of nitrogens with zero attached hydrogens (tertiary/aromatic N) is 2. The minimum absolute atomic E-state index is 0.250. The van der Waals surface area contributed by atoms with E-state index in [1.807, 2.05) is 12.1 Å². The van der Waals surface area contributed by atoms with Crippen molar-refractivity contribution in [1.82, 2.24) is 20.9 Å². The normalized spacial score (nSPS) is 22.4. The zero-order valence-corrected chi connectivity index (χ0v) is 18.5. The number of rotatable bonds is 3. The van der Waals surface area contributed by atoms with Crippen molar-refractivity contribution in [2.75, 3.05) is 32.0 Å². The highest BCUT2D eigenvalue weighted by atomic mass is 35.5. The number of benzene rings is 2. The van der Waals surface area contributed by atoms with Crippen LogP contribution in [-0.4, -0.2) is 36.6 Å². The highest BCUT2D eigenvalue weighted by molar-refractivity contribution is 6.30. The molecule has 1 atom stereocenters. The summed E-state index contributed by atoms with van der Waals surface area (Å²) in [6.07, 6.45) is 3.49. The SMILES string of the molecule is CC1=C2c3ccc(C4CCN(C)CC4)cc3C(Nc3ccc(Cl)cc3)CCN2NN1. The number of allylic oxidation sites excluding steroid dienone is 1. The first-order valence-electron chi connectivity index (χ1n) is 10.9. The van der Waals surface area contributed by atoms with Gasteiger partial charge in [-0.15, -0.1) is 5.53 Å². The molecule has 1 saturated heterocycles. The smallest absolute Gasteiger partial charge is 0.0814 e. The zero-order chi connectivity index (χ0) is 20.7. The summed E-state index contributed by atoms with van der Waals surface area (Å²) in [6, 6.07) is 15.5. The van der Waals surface area contributed by atoms with Gasteiger partial charge in [0.15, 0.2) is 0 Å². The second-order valence-corrected chi connectivity index (χ2v) is 9.22. The van der Waals surface area contributed by atoms with Crippen LogP contribution in [0.25, 0.3) is 5.70 Å². The second kappa shape index (κ2) is 8.14. The average Bonchev–Trinajstić information content (AvgIpc) is 3.05. The molecule has 5 nitrogen and oxygen atoms in total. The molecule has 0 bridgehead atoms. The molecule has 0 aromatic heterocycles. The fourth-order valence-corrected chi connectivity index (χ4v) is 5.10. The van der Waals surface area contributed by atoms with E-state index in [9.17, 15) is 0 Å². The largest absolute Gasteiger partial charge is 0.378 e. The van der Waals surface area contributed by atoms with Crippen LogP contribution in [-0.2, 0) is 0 Å². The molecule has 3 heterocycles. The van der Waals surface area contributed by atoms with Gasteiger partial charge in [-0.2, -0.15) is 0 Å². The van der Waals surface area contributed by atoms with Gasteiger partial charge < -0.3 is 15.6 Å². The van der Waals surface area contributed by atoms with Gasteiger partial charge in [0.05, 0.1) is 17.4 Å². The van der Waals surface area contributed by atoms with E-state index in [0.717, 1.165) is 23.7 Å². The third kappa shape index (κ3) is 3.78. The number of hydrogen-bond acceptors (Lipinski definition) is 5. The van der Waals surface area contributed by atoms with E-state index < -0.39 is 0 Å². The standard InChI is InChI=1S/C24H30ClN5/c1-16-24-21-8-3-18(17-9-12-29(2)13-10-17)15-22(21)23(11-14-30(24)28-27-16)26-20-6-4-19(25)5-7-20/h3-8,15,17,23,26-28H,9-14H2,1-2H3. The summed E-state index contributed by atoms with van der Waals surface area (Å²) < 4.78 is 0. The van der Waals surface area contributed by atoms with E-state index in [1.54, 1.807) is 0 Å². The first-order valence-corrected chi connectivity index (χ1v) is 11.3. The molecule has 3 N–H and O–H groups in total. The molecule has 5 rings (SSSR count). The maximum Gasteiger partial charge on any atom is 0.0814 e. The topological polar surface area (TPSA) is 42.6 Å². The van der Waals surface area contributed by atoms with Crippen LogP contribution in [0.15, 0.2) is 48.2 Å². The number of likely N-dealkylation sites (tertiary alicyclic amines) is 1. The van der Waals surface area contributed by atoms with Gasteiger partial charge in [-0.25, -0.2) is 0 Å². The number of hydrogen-bond donors (Lipinski definition) is 3. The molecule has 3 aliphatic rings. The number of anilines is 1. The molecule has 0 amide bonds. The van der Waals surface area contributed by atoms with Crippen LogP contribution >= 0.6 is 11.6 Å². The summed E-state index contributed by atoms with van der Waals surface area (Å²) in [5, 5.41) is 6.79. The maximum absolute atomic E-state index is 6.10. The molecule has 1 unspecified atom stereocenters. The highest BCUT2D eigenvalue weighted by Crippen LogP contribution is 2.39. The van der Waals surface area contributed by atoms with Crippen molar-refractivity contribution >= 4 is 23.0 Å². The summed E-state index contributed by atoms with van der Waals surface area (Å²) in [7, 11) is 2.23. The minimum atomic E-state index is 0.250. The Morgan fingerprint density at radius 2 is 1.77 bits per heavy atom. The molecule has 30 heavy (non-hydrogen) atoms. The van der Waals surface area contributed by atoms with Crippen LogP contribution in [0, 0.1) is 0 Å². The molecule has 2 aromatic rings. The predicted molar refractivity (Wildman–Crippen MR) is 124 cm³/mol. The Balaban J connectivity index is 1.53. The van der Waals surface area contributed by atoms with Gasteiger partial charge in [0.2, 0.25) is 0 Å². The van der Waals surface area contributed by atoms with Crippen molar-refractivity contribution in [2.24, 2.45) is 0 Å². The van der Waals surface area contributed by atoms with Gasteiger partial charge in [0.25, 0.3) is 0 Å². The van der Waals surface area contributed by atoms with Crippen molar-refractivity contribution in [3.63, 3.8) is 0 Å². The number of piperidine rings is 1. The lowest BCUT2D eigenvalue weighted by atomic mass is 9.85. The molecule has 0 saturated carbocycles. The van der Waals surface area contributed by atoms with Gasteiger partial charge in [-0.1, -0.05) is 29.8 Å². The van der Waals surface area contributed by atoms with Crippen molar-refractivity contribution in [1.29, 1.82) is 0 Å². The molecular formula is C24H30ClN5. The Labute approximate surface area is 184 Å². The molecule has 3 aliphatic heterocycles. The lowest BCUT2D eigenvalue weighted by Gasteiger charge is -2.30. The fourth-order valence-electron chi connectivity index (χ4n) is 4.98. The Morgan fingerprint density at radius 1 is 1.00 bits per heavy atom. The van der Waals surface area contributed by atoms with E-state index in [0.29, 0.717) is 5.92 Å². The van der Waals surface area contributed by atoms with Gasteiger partial charge in [0, 0.05) is 22.8 Å². The van der Waals surface area contributed by atoms with E-state index in [2.05, 4.69) is 70.5 Å². The Kier molecular flexibility index (Phi) is 5.35. The average molecular weight is 424 g/mol. The minimum Gasteiger partial charge on any atom is -0.378 e. The predicted octanol–water partition coefficient (Wildman–Crippen LogP) is 4.72. The van der Waals surface area contributed by atoms with Crippen LogP contribution in [0.1, 0.15) is 54.8 Å². The second-order valence-electron chi connectivity index (χ2n) is 8.78. The first kappa shape index (κ1) is 19.7. The Bertz CT molecular complexity index is 947. The molecular weight excluding hydrogens is 394 g/mol. The third-order valence-electron chi connectivity index (χ3n) is 6.73. The number of halogens is 1. The lowest BCUT2D eigenvalue weighted by Crippen LogP contribution is -2.37. The van der Waals surface area contributed by atoms with Crippen molar-refractivity contribution in [3.05, 3.63) is 69.9 Å². The van der Waals surface area contributed by atoms with Gasteiger partial charge in [-0.3, -0.25) is 5.01 Å². The number of fused-ring (bicyclic) bond motifs is 3. The van der Waals surface area contributed by atoms with Crippen molar-refractivity contribution in [3.8, 4) is 0 Å². The third-order valence-corrected chi connectivity index (χ3v) is 6.98. The Morgan fingerprint density at radius 3 is 2.53 bits per heavy atom. The molecule has 158 valence electrons. The highest BCUT2D eigenvalue weighted by Gasteiger charge is 2.31. The maximum atomic E-state index is 6.10. The van der Waals surface area contributed by atoms with Crippen LogP contribution in [0.3, 0.4) is 0 Å². The summed E-state index contributed by atoms with van der Waals surface area (Å²) in [5.41, 5.74) is 14.4.